The van der Waals surface area contributed by atoms with E-state index in [2.05, 4.69) is 9.97 Å². The number of likely N-dealkylation sites (tertiary alicyclic amines) is 1. The standard InChI is InChI=1S/C15H20N4O2S/c1-10-14(22-11(2)17-10)15(21)18-6-3-12(13(20)4-7-18)19-8-5-16-9-19/h5,8-9,12-13,20H,3-4,6-7H2,1-2H3/t12-,13-/m0/s1. The van der Waals surface area contributed by atoms with Crippen molar-refractivity contribution in [3.8, 4) is 0 Å². The fourth-order valence-electron chi connectivity index (χ4n) is 2.96. The third-order valence-corrected chi connectivity index (χ3v) is 5.19. The highest BCUT2D eigenvalue weighted by Crippen LogP contribution is 2.26. The molecule has 0 aliphatic carbocycles. The van der Waals surface area contributed by atoms with E-state index < -0.39 is 6.10 Å². The number of rotatable bonds is 2. The van der Waals surface area contributed by atoms with E-state index in [1.807, 2.05) is 29.5 Å². The number of imidazole rings is 1. The summed E-state index contributed by atoms with van der Waals surface area (Å²) in [7, 11) is 0. The van der Waals surface area contributed by atoms with E-state index in [-0.39, 0.29) is 11.9 Å². The van der Waals surface area contributed by atoms with E-state index in [1.54, 1.807) is 12.5 Å². The van der Waals surface area contributed by atoms with Gasteiger partial charge in [-0.3, -0.25) is 4.79 Å². The lowest BCUT2D eigenvalue weighted by Gasteiger charge is -2.21. The van der Waals surface area contributed by atoms with Crippen LogP contribution in [0.1, 0.15) is 39.3 Å². The molecule has 118 valence electrons. The highest BCUT2D eigenvalue weighted by molar-refractivity contribution is 7.13. The average Bonchev–Trinajstić information content (AvgIpc) is 3.07. The Kier molecular flexibility index (Phi) is 4.26. The molecule has 2 aromatic rings. The molecule has 1 amide bonds. The lowest BCUT2D eigenvalue weighted by atomic mass is 10.1. The van der Waals surface area contributed by atoms with Gasteiger partial charge in [-0.15, -0.1) is 11.3 Å². The molecule has 2 aromatic heterocycles. The smallest absolute Gasteiger partial charge is 0.265 e. The molecule has 2 atom stereocenters. The van der Waals surface area contributed by atoms with Crippen LogP contribution >= 0.6 is 11.3 Å². The molecule has 0 spiro atoms. The molecule has 1 N–H and O–H groups in total. The molecule has 1 saturated heterocycles. The van der Waals surface area contributed by atoms with Gasteiger partial charge in [-0.2, -0.15) is 0 Å². The highest BCUT2D eigenvalue weighted by Gasteiger charge is 2.29. The summed E-state index contributed by atoms with van der Waals surface area (Å²) in [5, 5.41) is 11.3. The van der Waals surface area contributed by atoms with Gasteiger partial charge in [0.05, 0.1) is 29.2 Å². The van der Waals surface area contributed by atoms with Crippen LogP contribution < -0.4 is 0 Å². The summed E-state index contributed by atoms with van der Waals surface area (Å²) in [6.07, 6.45) is 6.14. The van der Waals surface area contributed by atoms with E-state index in [0.29, 0.717) is 24.4 Å². The van der Waals surface area contributed by atoms with Crippen molar-refractivity contribution in [1.82, 2.24) is 19.4 Å². The number of thiazole rings is 1. The summed E-state index contributed by atoms with van der Waals surface area (Å²) in [6.45, 7) is 4.99. The van der Waals surface area contributed by atoms with Gasteiger partial charge in [0.15, 0.2) is 0 Å². The predicted octanol–water partition coefficient (Wildman–Crippen LogP) is 1.79. The van der Waals surface area contributed by atoms with Crippen molar-refractivity contribution in [3.63, 3.8) is 0 Å². The van der Waals surface area contributed by atoms with Gasteiger partial charge in [-0.25, -0.2) is 9.97 Å². The number of aromatic nitrogens is 3. The van der Waals surface area contributed by atoms with Crippen molar-refractivity contribution in [2.45, 2.75) is 38.8 Å². The van der Waals surface area contributed by atoms with Crippen LogP contribution in [0.15, 0.2) is 18.7 Å². The van der Waals surface area contributed by atoms with Crippen LogP contribution in [0.5, 0.6) is 0 Å². The van der Waals surface area contributed by atoms with Gasteiger partial charge >= 0.3 is 0 Å². The zero-order chi connectivity index (χ0) is 15.7. The summed E-state index contributed by atoms with van der Waals surface area (Å²) >= 11 is 1.44. The van der Waals surface area contributed by atoms with Gasteiger partial charge in [-0.1, -0.05) is 0 Å². The molecule has 0 saturated carbocycles. The fraction of sp³-hybridized carbons (Fsp3) is 0.533. The molecule has 3 rings (SSSR count). The molecule has 0 radical (unpaired) electrons. The summed E-state index contributed by atoms with van der Waals surface area (Å²) in [4.78, 5) is 23.6. The molecule has 22 heavy (non-hydrogen) atoms. The normalized spacial score (nSPS) is 22.6. The number of hydrogen-bond donors (Lipinski definition) is 1. The topological polar surface area (TPSA) is 71.2 Å². The lowest BCUT2D eigenvalue weighted by Crippen LogP contribution is -2.32. The molecular formula is C15H20N4O2S. The van der Waals surface area contributed by atoms with Crippen molar-refractivity contribution in [2.24, 2.45) is 0 Å². The highest BCUT2D eigenvalue weighted by atomic mass is 32.1. The Balaban J connectivity index is 1.75. The predicted molar refractivity (Wildman–Crippen MR) is 84.0 cm³/mol. The van der Waals surface area contributed by atoms with Crippen LogP contribution in [0, 0.1) is 13.8 Å². The Morgan fingerprint density at radius 1 is 1.36 bits per heavy atom. The second-order valence-electron chi connectivity index (χ2n) is 5.66. The zero-order valence-electron chi connectivity index (χ0n) is 12.8. The molecule has 3 heterocycles. The van der Waals surface area contributed by atoms with Gasteiger partial charge in [0.1, 0.15) is 4.88 Å². The van der Waals surface area contributed by atoms with Crippen LogP contribution in [0.25, 0.3) is 0 Å². The first-order chi connectivity index (χ1) is 10.6. The Bertz CT molecular complexity index is 653. The van der Waals surface area contributed by atoms with Gasteiger partial charge in [-0.05, 0) is 26.7 Å². The van der Waals surface area contributed by atoms with Crippen molar-refractivity contribution >= 4 is 17.2 Å². The molecule has 1 aliphatic rings. The zero-order valence-corrected chi connectivity index (χ0v) is 13.6. The van der Waals surface area contributed by atoms with Gasteiger partial charge in [0.25, 0.3) is 5.91 Å². The maximum Gasteiger partial charge on any atom is 0.265 e. The maximum absolute atomic E-state index is 12.7. The largest absolute Gasteiger partial charge is 0.391 e. The van der Waals surface area contributed by atoms with Crippen LogP contribution in [0.3, 0.4) is 0 Å². The third-order valence-electron chi connectivity index (χ3n) is 4.13. The van der Waals surface area contributed by atoms with E-state index in [4.69, 9.17) is 0 Å². The fourth-order valence-corrected chi connectivity index (χ4v) is 3.85. The number of aliphatic hydroxyl groups is 1. The molecule has 0 aromatic carbocycles. The number of hydrogen-bond acceptors (Lipinski definition) is 5. The van der Waals surface area contributed by atoms with Crippen LogP contribution in [0.4, 0.5) is 0 Å². The van der Waals surface area contributed by atoms with E-state index in [0.717, 1.165) is 17.1 Å². The number of carbonyl (C=O) groups excluding carboxylic acids is 1. The molecule has 1 aliphatic heterocycles. The van der Waals surface area contributed by atoms with E-state index in [1.165, 1.54) is 11.3 Å². The third kappa shape index (κ3) is 2.91. The first-order valence-electron chi connectivity index (χ1n) is 7.45. The second kappa shape index (κ2) is 6.18. The number of aryl methyl sites for hydroxylation is 2. The Hall–Kier alpha value is -1.73. The van der Waals surface area contributed by atoms with Crippen LogP contribution in [0.2, 0.25) is 0 Å². The molecule has 0 bridgehead atoms. The molecule has 6 nitrogen and oxygen atoms in total. The van der Waals surface area contributed by atoms with Crippen molar-refractivity contribution in [3.05, 3.63) is 34.3 Å². The van der Waals surface area contributed by atoms with Gasteiger partial charge < -0.3 is 14.6 Å². The van der Waals surface area contributed by atoms with E-state index >= 15 is 0 Å². The number of amides is 1. The summed E-state index contributed by atoms with van der Waals surface area (Å²) in [6, 6.07) is -0.0235. The molecule has 1 fully saturated rings. The van der Waals surface area contributed by atoms with Gasteiger partial charge in [0, 0.05) is 25.5 Å². The van der Waals surface area contributed by atoms with Crippen molar-refractivity contribution in [2.75, 3.05) is 13.1 Å². The minimum absolute atomic E-state index is 0.0235. The molecular weight excluding hydrogens is 300 g/mol. The first kappa shape index (κ1) is 15.2. The van der Waals surface area contributed by atoms with Crippen LogP contribution in [-0.4, -0.2) is 49.6 Å². The van der Waals surface area contributed by atoms with Gasteiger partial charge in [0.2, 0.25) is 0 Å². The maximum atomic E-state index is 12.7. The Morgan fingerprint density at radius 3 is 2.77 bits per heavy atom. The number of aliphatic hydroxyl groups excluding tert-OH is 1. The number of carbonyl (C=O) groups is 1. The quantitative estimate of drug-likeness (QED) is 0.916. The Morgan fingerprint density at radius 2 is 2.14 bits per heavy atom. The first-order valence-corrected chi connectivity index (χ1v) is 8.26. The molecule has 0 unspecified atom stereocenters. The summed E-state index contributed by atoms with van der Waals surface area (Å²) in [5.74, 6) is 0.0292. The average molecular weight is 320 g/mol. The minimum atomic E-state index is -0.462. The summed E-state index contributed by atoms with van der Waals surface area (Å²) in [5.41, 5.74) is 0.795. The van der Waals surface area contributed by atoms with Crippen LogP contribution in [-0.2, 0) is 0 Å². The summed E-state index contributed by atoms with van der Waals surface area (Å²) < 4.78 is 1.93. The Labute approximate surface area is 133 Å². The number of nitrogens with zero attached hydrogens (tertiary/aromatic N) is 4. The van der Waals surface area contributed by atoms with E-state index in [9.17, 15) is 9.90 Å². The SMILES string of the molecule is Cc1nc(C)c(C(=O)N2CC[C@H](O)[C@@H](n3ccnc3)CC2)s1. The van der Waals surface area contributed by atoms with Crippen molar-refractivity contribution < 1.29 is 9.90 Å². The molecule has 7 heteroatoms. The lowest BCUT2D eigenvalue weighted by molar-refractivity contribution is 0.0755. The van der Waals surface area contributed by atoms with Crippen molar-refractivity contribution in [1.29, 1.82) is 0 Å². The minimum Gasteiger partial charge on any atom is -0.391 e. The second-order valence-corrected chi connectivity index (χ2v) is 6.86. The monoisotopic (exact) mass is 320 g/mol.